The molecule has 1 atom stereocenters. The van der Waals surface area contributed by atoms with E-state index in [0.29, 0.717) is 18.1 Å². The van der Waals surface area contributed by atoms with Gasteiger partial charge < -0.3 is 9.59 Å². The molecule has 0 bridgehead atoms. The fourth-order valence-corrected chi connectivity index (χ4v) is 0.737. The van der Waals surface area contributed by atoms with Crippen molar-refractivity contribution in [1.82, 2.24) is 0 Å². The van der Waals surface area contributed by atoms with Gasteiger partial charge in [0.25, 0.3) is 0 Å². The fourth-order valence-electron chi connectivity index (χ4n) is 0.737. The molecule has 0 aliphatic carbocycles. The lowest BCUT2D eigenvalue weighted by atomic mass is 9.79. The Kier molecular flexibility index (Phi) is 7.61. The molecule has 0 N–H and O–H groups in total. The second kappa shape index (κ2) is 6.74. The summed E-state index contributed by atoms with van der Waals surface area (Å²) in [5.41, 5.74) is 0.270. The maximum Gasteiger partial charge on any atom is 0.130 e. The molecule has 14 heavy (non-hydrogen) atoms. The van der Waals surface area contributed by atoms with Crippen LogP contribution in [0.25, 0.3) is 0 Å². The molecule has 2 heteroatoms. The summed E-state index contributed by atoms with van der Waals surface area (Å²) < 4.78 is 0. The third-order valence-electron chi connectivity index (χ3n) is 2.07. The second-order valence-corrected chi connectivity index (χ2v) is 5.08. The highest BCUT2D eigenvalue weighted by Gasteiger charge is 2.20. The van der Waals surface area contributed by atoms with Crippen LogP contribution in [0.5, 0.6) is 0 Å². The van der Waals surface area contributed by atoms with Crippen LogP contribution in [0, 0.1) is 11.3 Å². The highest BCUT2D eigenvalue weighted by Crippen LogP contribution is 2.27. The molecule has 0 rings (SSSR count). The van der Waals surface area contributed by atoms with Gasteiger partial charge in [-0.25, -0.2) is 0 Å². The van der Waals surface area contributed by atoms with Crippen LogP contribution in [0.1, 0.15) is 54.9 Å². The van der Waals surface area contributed by atoms with E-state index in [1.807, 2.05) is 0 Å². The maximum atomic E-state index is 10.7. The lowest BCUT2D eigenvalue weighted by molar-refractivity contribution is -0.118. The number of Topliss-reactive ketones (excluding diaryl/α,β-unsaturated/α-hetero) is 2. The van der Waals surface area contributed by atoms with E-state index in [1.165, 1.54) is 13.8 Å². The highest BCUT2D eigenvalue weighted by molar-refractivity contribution is 5.75. The zero-order valence-corrected chi connectivity index (χ0v) is 10.6. The first-order valence-electron chi connectivity index (χ1n) is 5.04. The zero-order valence-electron chi connectivity index (χ0n) is 10.6. The molecule has 0 aliphatic rings. The summed E-state index contributed by atoms with van der Waals surface area (Å²) in [4.78, 5) is 20.1. The first kappa shape index (κ1) is 15.8. The quantitative estimate of drug-likeness (QED) is 0.685. The summed E-state index contributed by atoms with van der Waals surface area (Å²) in [6, 6.07) is 0. The van der Waals surface area contributed by atoms with Crippen molar-refractivity contribution in [2.24, 2.45) is 11.3 Å². The number of ketones is 2. The highest BCUT2D eigenvalue weighted by atomic mass is 16.1. The van der Waals surface area contributed by atoms with Gasteiger partial charge in [0.05, 0.1) is 0 Å². The van der Waals surface area contributed by atoms with Gasteiger partial charge in [0.1, 0.15) is 11.6 Å². The third-order valence-corrected chi connectivity index (χ3v) is 2.07. The lowest BCUT2D eigenvalue weighted by Crippen LogP contribution is -2.19. The number of carbonyl (C=O) groups is 2. The minimum Gasteiger partial charge on any atom is -0.300 e. The van der Waals surface area contributed by atoms with Crippen molar-refractivity contribution in [3.05, 3.63) is 0 Å². The Morgan fingerprint density at radius 2 is 1.36 bits per heavy atom. The van der Waals surface area contributed by atoms with Crippen LogP contribution in [-0.4, -0.2) is 11.6 Å². The topological polar surface area (TPSA) is 34.1 Å². The van der Waals surface area contributed by atoms with Gasteiger partial charge in [0.2, 0.25) is 0 Å². The standard InChI is InChI=1S/C9H18O.C3H6O/c1-7(6-8(2)10)9(3,4)5;1-3(2)4/h7H,6H2,1-5H3;1-2H3. The van der Waals surface area contributed by atoms with Gasteiger partial charge in [0, 0.05) is 6.42 Å². The van der Waals surface area contributed by atoms with Crippen LogP contribution in [0.2, 0.25) is 0 Å². The summed E-state index contributed by atoms with van der Waals surface area (Å²) in [7, 11) is 0. The van der Waals surface area contributed by atoms with Crippen molar-refractivity contribution < 1.29 is 9.59 Å². The van der Waals surface area contributed by atoms with E-state index in [4.69, 9.17) is 0 Å². The van der Waals surface area contributed by atoms with Gasteiger partial charge in [-0.2, -0.15) is 0 Å². The Labute approximate surface area is 88.1 Å². The molecule has 0 saturated carbocycles. The summed E-state index contributed by atoms with van der Waals surface area (Å²) in [6.07, 6.45) is 0.712. The maximum absolute atomic E-state index is 10.7. The van der Waals surface area contributed by atoms with E-state index in [0.717, 1.165) is 0 Å². The molecule has 1 unspecified atom stereocenters. The van der Waals surface area contributed by atoms with Gasteiger partial charge in [0.15, 0.2) is 0 Å². The van der Waals surface area contributed by atoms with Crippen LogP contribution in [0.4, 0.5) is 0 Å². The molecule has 0 heterocycles. The van der Waals surface area contributed by atoms with Crippen LogP contribution in [0.3, 0.4) is 0 Å². The van der Waals surface area contributed by atoms with Crippen LogP contribution >= 0.6 is 0 Å². The molecular weight excluding hydrogens is 176 g/mol. The van der Waals surface area contributed by atoms with E-state index < -0.39 is 0 Å². The van der Waals surface area contributed by atoms with E-state index >= 15 is 0 Å². The largest absolute Gasteiger partial charge is 0.300 e. The molecular formula is C12H24O2. The first-order valence-corrected chi connectivity index (χ1v) is 5.04. The molecule has 0 saturated heterocycles. The number of hydrogen-bond acceptors (Lipinski definition) is 2. The molecule has 0 aromatic heterocycles. The summed E-state index contributed by atoms with van der Waals surface area (Å²) in [6.45, 7) is 13.3. The lowest BCUT2D eigenvalue weighted by Gasteiger charge is -2.25. The number of carbonyl (C=O) groups excluding carboxylic acids is 2. The molecule has 0 aliphatic heterocycles. The summed E-state index contributed by atoms with van der Waals surface area (Å²) in [5.74, 6) is 0.951. The summed E-state index contributed by atoms with van der Waals surface area (Å²) >= 11 is 0. The van der Waals surface area contributed by atoms with Crippen molar-refractivity contribution in [2.45, 2.75) is 54.9 Å². The Morgan fingerprint density at radius 3 is 1.43 bits per heavy atom. The predicted molar refractivity (Wildman–Crippen MR) is 60.3 cm³/mol. The van der Waals surface area contributed by atoms with Gasteiger partial charge in [-0.3, -0.25) is 0 Å². The predicted octanol–water partition coefficient (Wildman–Crippen LogP) is 3.24. The van der Waals surface area contributed by atoms with Gasteiger partial charge >= 0.3 is 0 Å². The van der Waals surface area contributed by atoms with Gasteiger partial charge in [-0.15, -0.1) is 0 Å². The molecule has 84 valence electrons. The Bertz CT molecular complexity index is 183. The average Bonchev–Trinajstić information content (AvgIpc) is 1.81. The van der Waals surface area contributed by atoms with Gasteiger partial charge in [-0.05, 0) is 32.1 Å². The van der Waals surface area contributed by atoms with Crippen LogP contribution < -0.4 is 0 Å². The SMILES string of the molecule is CC(=O)CC(C)C(C)(C)C.CC(C)=O. The van der Waals surface area contributed by atoms with Crippen molar-refractivity contribution in [3.63, 3.8) is 0 Å². The third kappa shape index (κ3) is 13.9. The van der Waals surface area contributed by atoms with Crippen molar-refractivity contribution in [3.8, 4) is 0 Å². The molecule has 0 fully saturated rings. The average molecular weight is 200 g/mol. The smallest absolute Gasteiger partial charge is 0.130 e. The van der Waals surface area contributed by atoms with Crippen LogP contribution in [0.15, 0.2) is 0 Å². The normalized spacial score (nSPS) is 12.5. The first-order chi connectivity index (χ1) is 6.07. The minimum absolute atomic E-state index is 0.167. The Balaban J connectivity index is 0. The van der Waals surface area contributed by atoms with E-state index in [9.17, 15) is 9.59 Å². The summed E-state index contributed by atoms with van der Waals surface area (Å²) in [5, 5.41) is 0. The van der Waals surface area contributed by atoms with Crippen molar-refractivity contribution in [1.29, 1.82) is 0 Å². The number of hydrogen-bond donors (Lipinski definition) is 0. The van der Waals surface area contributed by atoms with Gasteiger partial charge in [-0.1, -0.05) is 27.7 Å². The molecule has 0 aromatic rings. The molecule has 0 radical (unpaired) electrons. The second-order valence-electron chi connectivity index (χ2n) is 5.08. The van der Waals surface area contributed by atoms with Crippen molar-refractivity contribution >= 4 is 11.6 Å². The van der Waals surface area contributed by atoms with E-state index in [2.05, 4.69) is 27.7 Å². The molecule has 0 amide bonds. The van der Waals surface area contributed by atoms with Crippen LogP contribution in [-0.2, 0) is 9.59 Å². The molecule has 2 nitrogen and oxygen atoms in total. The number of rotatable bonds is 2. The Morgan fingerprint density at radius 1 is 1.07 bits per heavy atom. The fraction of sp³-hybridized carbons (Fsp3) is 0.833. The Hall–Kier alpha value is -0.660. The zero-order chi connectivity index (χ0) is 11.9. The molecule has 0 aromatic carbocycles. The van der Waals surface area contributed by atoms with E-state index in [-0.39, 0.29) is 11.2 Å². The monoisotopic (exact) mass is 200 g/mol. The molecule has 0 spiro atoms. The van der Waals surface area contributed by atoms with E-state index in [1.54, 1.807) is 6.92 Å². The van der Waals surface area contributed by atoms with Crippen molar-refractivity contribution in [2.75, 3.05) is 0 Å². The minimum atomic E-state index is 0.167.